The first-order valence-electron chi connectivity index (χ1n) is 11.3. The fourth-order valence-corrected chi connectivity index (χ4v) is 4.67. The molecular formula is C24H30BrN3O6S. The van der Waals surface area contributed by atoms with Crippen molar-refractivity contribution in [2.24, 2.45) is 0 Å². The van der Waals surface area contributed by atoms with Gasteiger partial charge in [0, 0.05) is 23.6 Å². The van der Waals surface area contributed by atoms with Crippen molar-refractivity contribution in [1.82, 2.24) is 10.2 Å². The van der Waals surface area contributed by atoms with Crippen LogP contribution in [0.1, 0.15) is 25.8 Å². The zero-order chi connectivity index (χ0) is 25.6. The number of nitrogens with zero attached hydrogens (tertiary/aromatic N) is 2. The van der Waals surface area contributed by atoms with Crippen LogP contribution >= 0.6 is 15.9 Å². The third-order valence-electron chi connectivity index (χ3n) is 5.48. The van der Waals surface area contributed by atoms with Crippen molar-refractivity contribution in [3.8, 4) is 11.5 Å². The van der Waals surface area contributed by atoms with Crippen LogP contribution in [0.2, 0.25) is 0 Å². The molecule has 2 amide bonds. The largest absolute Gasteiger partial charge is 0.486 e. The first kappa shape index (κ1) is 26.8. The molecule has 1 atom stereocenters. The summed E-state index contributed by atoms with van der Waals surface area (Å²) in [6, 6.07) is 11.3. The number of halogens is 1. The minimum absolute atomic E-state index is 0.144. The van der Waals surface area contributed by atoms with Gasteiger partial charge in [0.25, 0.3) is 0 Å². The van der Waals surface area contributed by atoms with Gasteiger partial charge in [-0.3, -0.25) is 13.9 Å². The number of hydrogen-bond acceptors (Lipinski definition) is 6. The average molecular weight is 568 g/mol. The van der Waals surface area contributed by atoms with E-state index in [1.54, 1.807) is 25.1 Å². The second kappa shape index (κ2) is 11.8. The summed E-state index contributed by atoms with van der Waals surface area (Å²) in [6.07, 6.45) is 1.79. The van der Waals surface area contributed by atoms with E-state index in [1.165, 1.54) is 4.90 Å². The molecule has 9 nitrogen and oxygen atoms in total. The average Bonchev–Trinajstić information content (AvgIpc) is 2.83. The third kappa shape index (κ3) is 7.11. The quantitative estimate of drug-likeness (QED) is 0.473. The molecular weight excluding hydrogens is 538 g/mol. The van der Waals surface area contributed by atoms with Crippen LogP contribution in [0, 0.1) is 0 Å². The summed E-state index contributed by atoms with van der Waals surface area (Å²) in [5.74, 6) is 0.113. The Morgan fingerprint density at radius 2 is 1.74 bits per heavy atom. The number of fused-ring (bicyclic) bond motifs is 1. The molecule has 0 bridgehead atoms. The van der Waals surface area contributed by atoms with Crippen LogP contribution in [0.4, 0.5) is 5.69 Å². The normalized spacial score (nSPS) is 13.6. The van der Waals surface area contributed by atoms with Crippen LogP contribution in [-0.2, 0) is 26.2 Å². The number of amides is 2. The number of carbonyl (C=O) groups excluding carboxylic acids is 2. The summed E-state index contributed by atoms with van der Waals surface area (Å²) >= 11 is 3.39. The summed E-state index contributed by atoms with van der Waals surface area (Å²) in [7, 11) is -3.83. The second-order valence-corrected chi connectivity index (χ2v) is 11.0. The summed E-state index contributed by atoms with van der Waals surface area (Å²) in [6.45, 7) is 4.48. The molecule has 0 radical (unpaired) electrons. The summed E-state index contributed by atoms with van der Waals surface area (Å²) in [5.41, 5.74) is 1.08. The monoisotopic (exact) mass is 567 g/mol. The van der Waals surface area contributed by atoms with Gasteiger partial charge < -0.3 is 19.7 Å². The highest BCUT2D eigenvalue weighted by Crippen LogP contribution is 2.34. The van der Waals surface area contributed by atoms with Gasteiger partial charge in [0.15, 0.2) is 11.5 Å². The number of anilines is 1. The van der Waals surface area contributed by atoms with Gasteiger partial charge in [0.2, 0.25) is 21.8 Å². The van der Waals surface area contributed by atoms with E-state index in [-0.39, 0.29) is 18.1 Å². The number of benzene rings is 2. The van der Waals surface area contributed by atoms with E-state index in [2.05, 4.69) is 21.2 Å². The van der Waals surface area contributed by atoms with Crippen LogP contribution in [-0.4, -0.2) is 63.7 Å². The number of nitrogens with one attached hydrogen (secondary N) is 1. The maximum Gasteiger partial charge on any atom is 0.244 e. The number of ether oxygens (including phenoxy) is 2. The molecule has 1 N–H and O–H groups in total. The topological polar surface area (TPSA) is 105 Å². The van der Waals surface area contributed by atoms with E-state index in [0.717, 1.165) is 27.0 Å². The molecule has 3 rings (SSSR count). The maximum absolute atomic E-state index is 13.5. The highest BCUT2D eigenvalue weighted by Gasteiger charge is 2.30. The van der Waals surface area contributed by atoms with Crippen molar-refractivity contribution in [3.63, 3.8) is 0 Å². The fraction of sp³-hybridized carbons (Fsp3) is 0.417. The van der Waals surface area contributed by atoms with Gasteiger partial charge in [-0.05, 0) is 43.2 Å². The van der Waals surface area contributed by atoms with Gasteiger partial charge in [-0.25, -0.2) is 8.42 Å². The Kier molecular flexibility index (Phi) is 9.01. The molecule has 0 fully saturated rings. The molecule has 11 heteroatoms. The van der Waals surface area contributed by atoms with E-state index in [4.69, 9.17) is 9.47 Å². The van der Waals surface area contributed by atoms with Crippen LogP contribution in [0.15, 0.2) is 46.9 Å². The first-order chi connectivity index (χ1) is 16.6. The number of sulfonamides is 1. The van der Waals surface area contributed by atoms with E-state index in [9.17, 15) is 18.0 Å². The lowest BCUT2D eigenvalue weighted by Crippen LogP contribution is -2.51. The van der Waals surface area contributed by atoms with Crippen molar-refractivity contribution in [3.05, 3.63) is 52.5 Å². The Labute approximate surface area is 214 Å². The molecule has 35 heavy (non-hydrogen) atoms. The van der Waals surface area contributed by atoms with Crippen molar-refractivity contribution in [1.29, 1.82) is 0 Å². The first-order valence-corrected chi connectivity index (χ1v) is 13.9. The molecule has 2 aromatic carbocycles. The Hall–Kier alpha value is -2.79. The summed E-state index contributed by atoms with van der Waals surface area (Å²) in [4.78, 5) is 27.7. The molecule has 0 saturated heterocycles. The lowest BCUT2D eigenvalue weighted by Gasteiger charge is -2.31. The van der Waals surface area contributed by atoms with Gasteiger partial charge in [-0.15, -0.1) is 0 Å². The highest BCUT2D eigenvalue weighted by molar-refractivity contribution is 9.10. The van der Waals surface area contributed by atoms with Gasteiger partial charge in [-0.2, -0.15) is 0 Å². The maximum atomic E-state index is 13.5. The lowest BCUT2D eigenvalue weighted by molar-refractivity contribution is -0.139. The molecule has 0 spiro atoms. The minimum atomic E-state index is -3.83. The van der Waals surface area contributed by atoms with E-state index >= 15 is 0 Å². The van der Waals surface area contributed by atoms with Crippen molar-refractivity contribution >= 4 is 43.5 Å². The highest BCUT2D eigenvalue weighted by atomic mass is 79.9. The van der Waals surface area contributed by atoms with Crippen molar-refractivity contribution in [2.45, 2.75) is 32.9 Å². The van der Waals surface area contributed by atoms with Gasteiger partial charge in [0.1, 0.15) is 25.8 Å². The van der Waals surface area contributed by atoms with Crippen LogP contribution in [0.25, 0.3) is 0 Å². The van der Waals surface area contributed by atoms with E-state index in [1.807, 2.05) is 31.2 Å². The van der Waals surface area contributed by atoms with Crippen LogP contribution in [0.5, 0.6) is 11.5 Å². The van der Waals surface area contributed by atoms with E-state index < -0.39 is 28.5 Å². The zero-order valence-electron chi connectivity index (χ0n) is 20.0. The standard InChI is InChI=1S/C24H30BrN3O6S/c1-4-11-26-24(30)17(2)27(15-18-5-7-19(25)8-6-18)23(29)16-28(35(3,31)32)20-9-10-21-22(14-20)34-13-12-33-21/h5-10,14,17H,4,11-13,15-16H2,1-3H3,(H,26,30). The van der Waals surface area contributed by atoms with E-state index in [0.29, 0.717) is 31.3 Å². The summed E-state index contributed by atoms with van der Waals surface area (Å²) in [5, 5.41) is 2.81. The SMILES string of the molecule is CCCNC(=O)C(C)N(Cc1ccc(Br)cc1)C(=O)CN(c1ccc2c(c1)OCCO2)S(C)(=O)=O. The van der Waals surface area contributed by atoms with Crippen molar-refractivity contribution < 1.29 is 27.5 Å². The molecule has 0 aromatic heterocycles. The Balaban J connectivity index is 1.90. The molecule has 2 aromatic rings. The molecule has 0 aliphatic carbocycles. The minimum Gasteiger partial charge on any atom is -0.486 e. The Bertz CT molecular complexity index is 1160. The van der Waals surface area contributed by atoms with Gasteiger partial charge in [-0.1, -0.05) is 35.0 Å². The second-order valence-electron chi connectivity index (χ2n) is 8.21. The lowest BCUT2D eigenvalue weighted by atomic mass is 10.1. The van der Waals surface area contributed by atoms with Crippen LogP contribution < -0.4 is 19.1 Å². The van der Waals surface area contributed by atoms with Crippen LogP contribution in [0.3, 0.4) is 0 Å². The molecule has 1 aliphatic heterocycles. The Morgan fingerprint density at radius 3 is 2.37 bits per heavy atom. The third-order valence-corrected chi connectivity index (χ3v) is 7.14. The van der Waals surface area contributed by atoms with Crippen molar-refractivity contribution in [2.75, 3.05) is 36.9 Å². The molecule has 1 aliphatic rings. The van der Waals surface area contributed by atoms with Gasteiger partial charge >= 0.3 is 0 Å². The number of carbonyl (C=O) groups is 2. The molecule has 1 unspecified atom stereocenters. The molecule has 0 saturated carbocycles. The smallest absolute Gasteiger partial charge is 0.244 e. The summed E-state index contributed by atoms with van der Waals surface area (Å²) < 4.78 is 38.4. The Morgan fingerprint density at radius 1 is 1.09 bits per heavy atom. The number of rotatable bonds is 10. The molecule has 190 valence electrons. The molecule has 1 heterocycles. The predicted molar refractivity (Wildman–Crippen MR) is 137 cm³/mol. The van der Waals surface area contributed by atoms with Gasteiger partial charge in [0.05, 0.1) is 11.9 Å². The fourth-order valence-electron chi connectivity index (χ4n) is 3.57. The number of hydrogen-bond donors (Lipinski definition) is 1. The zero-order valence-corrected chi connectivity index (χ0v) is 22.4. The predicted octanol–water partition coefficient (Wildman–Crippen LogP) is 2.93.